The maximum Gasteiger partial charge on any atom is 0.302 e. The first-order chi connectivity index (χ1) is 17.2. The summed E-state index contributed by atoms with van der Waals surface area (Å²) >= 11 is 0. The standard InChI is InChI=1S/C31H56N2O4.2BrH/c1-22(34)36-19-17-32(5,6)25-13-15-30(3)24(21-25)9-10-26-27-11-12-29(31(27,4)16-14-28(26)30)33(7,8)18-20-37-23(2)35;;/h24-29H,9-21H2,1-8H3;2*1H/q+2;;/p-2. The molecule has 0 aliphatic heterocycles. The molecule has 4 aliphatic rings. The summed E-state index contributed by atoms with van der Waals surface area (Å²) in [6.07, 6.45) is 12.2. The fraction of sp³-hybridized carbons (Fsp3) is 0.935. The molecule has 6 nitrogen and oxygen atoms in total. The normalized spacial score (nSPS) is 37.7. The van der Waals surface area contributed by atoms with Crippen molar-refractivity contribution in [2.24, 2.45) is 34.5 Å². The quantitative estimate of drug-likeness (QED) is 0.246. The van der Waals surface area contributed by atoms with E-state index in [4.69, 9.17) is 9.47 Å². The monoisotopic (exact) mass is 678 g/mol. The van der Waals surface area contributed by atoms with Gasteiger partial charge in [0.15, 0.2) is 0 Å². The number of hydrogen-bond donors (Lipinski definition) is 0. The lowest BCUT2D eigenvalue weighted by atomic mass is 9.44. The van der Waals surface area contributed by atoms with E-state index < -0.39 is 0 Å². The van der Waals surface area contributed by atoms with Crippen molar-refractivity contribution in [2.45, 2.75) is 97.6 Å². The van der Waals surface area contributed by atoms with E-state index in [0.29, 0.717) is 36.1 Å². The van der Waals surface area contributed by atoms with E-state index in [2.05, 4.69) is 42.0 Å². The van der Waals surface area contributed by atoms with Gasteiger partial charge in [-0.3, -0.25) is 9.59 Å². The Bertz CT molecular complexity index is 868. The maximum atomic E-state index is 11.3. The number of hydrogen-bond acceptors (Lipinski definition) is 4. The Labute approximate surface area is 259 Å². The number of carbonyl (C=O) groups is 2. The zero-order chi connectivity index (χ0) is 27.2. The van der Waals surface area contributed by atoms with Gasteiger partial charge in [-0.05, 0) is 74.0 Å². The van der Waals surface area contributed by atoms with Crippen LogP contribution in [0.3, 0.4) is 0 Å². The summed E-state index contributed by atoms with van der Waals surface area (Å²) in [5, 5.41) is 0. The van der Waals surface area contributed by atoms with Crippen LogP contribution < -0.4 is 34.0 Å². The van der Waals surface area contributed by atoms with E-state index in [9.17, 15) is 9.59 Å². The van der Waals surface area contributed by atoms with Crippen molar-refractivity contribution >= 4 is 11.9 Å². The summed E-state index contributed by atoms with van der Waals surface area (Å²) in [4.78, 5) is 22.6. The molecule has 0 aromatic heterocycles. The van der Waals surface area contributed by atoms with Crippen LogP contribution in [-0.2, 0) is 19.1 Å². The number of halogens is 2. The molecule has 0 radical (unpaired) electrons. The highest BCUT2D eigenvalue weighted by Gasteiger charge is 2.63. The number of quaternary nitrogens is 2. The zero-order valence-electron chi connectivity index (χ0n) is 25.9. The van der Waals surface area contributed by atoms with Gasteiger partial charge in [0.1, 0.15) is 26.3 Å². The van der Waals surface area contributed by atoms with E-state index in [-0.39, 0.29) is 45.9 Å². The Kier molecular flexibility index (Phi) is 11.7. The SMILES string of the molecule is CC(=O)OCC[N+](C)(C)C1CCC2(C)C(CCC3C2CCC2(C)C3CCC2[N+](C)(C)CCOC(C)=O)C1.[Br-].[Br-]. The molecule has 4 fully saturated rings. The van der Waals surface area contributed by atoms with Gasteiger partial charge in [0.25, 0.3) is 0 Å². The topological polar surface area (TPSA) is 52.6 Å². The third-order valence-corrected chi connectivity index (χ3v) is 12.4. The van der Waals surface area contributed by atoms with E-state index in [0.717, 1.165) is 45.7 Å². The highest BCUT2D eigenvalue weighted by molar-refractivity contribution is 5.66. The number of likely N-dealkylation sites (N-methyl/N-ethyl adjacent to an activating group) is 2. The van der Waals surface area contributed by atoms with Crippen LogP contribution >= 0.6 is 0 Å². The zero-order valence-corrected chi connectivity index (χ0v) is 29.1. The second kappa shape index (κ2) is 13.0. The van der Waals surface area contributed by atoms with Crippen LogP contribution in [-0.4, -0.2) is 87.5 Å². The van der Waals surface area contributed by atoms with Crippen molar-refractivity contribution in [3.8, 4) is 0 Å². The van der Waals surface area contributed by atoms with Gasteiger partial charge >= 0.3 is 11.9 Å². The molecular formula is C31H56Br2N2O4. The first-order valence-electron chi connectivity index (χ1n) is 15.1. The fourth-order valence-corrected chi connectivity index (χ4v) is 10.2. The molecule has 0 heterocycles. The van der Waals surface area contributed by atoms with Gasteiger partial charge in [-0.15, -0.1) is 0 Å². The molecule has 4 aliphatic carbocycles. The van der Waals surface area contributed by atoms with Gasteiger partial charge < -0.3 is 52.4 Å². The molecule has 0 saturated heterocycles. The smallest absolute Gasteiger partial charge is 0.302 e. The minimum Gasteiger partial charge on any atom is -1.00 e. The summed E-state index contributed by atoms with van der Waals surface area (Å²) in [5.74, 6) is 3.09. The van der Waals surface area contributed by atoms with Crippen molar-refractivity contribution in [1.82, 2.24) is 0 Å². The Morgan fingerprint density at radius 3 is 1.85 bits per heavy atom. The van der Waals surface area contributed by atoms with Crippen LogP contribution in [0.5, 0.6) is 0 Å². The largest absolute Gasteiger partial charge is 1.00 e. The van der Waals surface area contributed by atoms with Crippen LogP contribution in [0.4, 0.5) is 0 Å². The number of fused-ring (bicyclic) bond motifs is 5. The summed E-state index contributed by atoms with van der Waals surface area (Å²) in [6.45, 7) is 11.2. The highest BCUT2D eigenvalue weighted by atomic mass is 79.9. The van der Waals surface area contributed by atoms with Crippen LogP contribution in [0, 0.1) is 34.5 Å². The average molecular weight is 681 g/mol. The molecule has 4 saturated carbocycles. The fourth-order valence-electron chi connectivity index (χ4n) is 10.2. The second-order valence-corrected chi connectivity index (χ2v) is 14.9. The van der Waals surface area contributed by atoms with Gasteiger partial charge in [-0.25, -0.2) is 0 Å². The summed E-state index contributed by atoms with van der Waals surface area (Å²) in [7, 11) is 9.42. The molecule has 0 spiro atoms. The molecule has 8 atom stereocenters. The Hall–Kier alpha value is -0.180. The van der Waals surface area contributed by atoms with Crippen molar-refractivity contribution in [3.63, 3.8) is 0 Å². The van der Waals surface area contributed by atoms with Crippen molar-refractivity contribution in [1.29, 1.82) is 0 Å². The molecule has 8 unspecified atom stereocenters. The summed E-state index contributed by atoms with van der Waals surface area (Å²) < 4.78 is 12.6. The lowest BCUT2D eigenvalue weighted by Gasteiger charge is -2.62. The van der Waals surface area contributed by atoms with Gasteiger partial charge in [-0.1, -0.05) is 13.8 Å². The van der Waals surface area contributed by atoms with Crippen LogP contribution in [0.15, 0.2) is 0 Å². The third kappa shape index (κ3) is 6.91. The number of carbonyl (C=O) groups excluding carboxylic acids is 2. The first kappa shape index (κ1) is 35.0. The minimum absolute atomic E-state index is 0. The summed E-state index contributed by atoms with van der Waals surface area (Å²) in [6, 6.07) is 1.33. The highest BCUT2D eigenvalue weighted by Crippen LogP contribution is 2.67. The van der Waals surface area contributed by atoms with Crippen LogP contribution in [0.2, 0.25) is 0 Å². The molecular weight excluding hydrogens is 624 g/mol. The Morgan fingerprint density at radius 1 is 0.718 bits per heavy atom. The molecule has 0 amide bonds. The molecule has 4 rings (SSSR count). The Balaban J connectivity index is 0.00000267. The molecule has 8 heteroatoms. The maximum absolute atomic E-state index is 11.3. The van der Waals surface area contributed by atoms with Gasteiger partial charge in [0, 0.05) is 32.1 Å². The van der Waals surface area contributed by atoms with Gasteiger partial charge in [0.05, 0.1) is 40.3 Å². The van der Waals surface area contributed by atoms with Crippen molar-refractivity contribution in [2.75, 3.05) is 54.5 Å². The number of esters is 2. The van der Waals surface area contributed by atoms with E-state index in [1.165, 1.54) is 71.6 Å². The average Bonchev–Trinajstić information content (AvgIpc) is 3.16. The number of rotatable bonds is 8. The number of nitrogens with zero attached hydrogens (tertiary/aromatic N) is 2. The Morgan fingerprint density at radius 2 is 1.26 bits per heavy atom. The molecule has 0 aromatic carbocycles. The lowest BCUT2D eigenvalue weighted by molar-refractivity contribution is -0.922. The minimum atomic E-state index is -0.167. The molecule has 0 bridgehead atoms. The van der Waals surface area contributed by atoms with Crippen molar-refractivity contribution < 1.29 is 62.0 Å². The van der Waals surface area contributed by atoms with Crippen LogP contribution in [0.1, 0.15) is 85.5 Å². The van der Waals surface area contributed by atoms with Gasteiger partial charge in [-0.2, -0.15) is 0 Å². The first-order valence-corrected chi connectivity index (χ1v) is 15.1. The summed E-state index contributed by atoms with van der Waals surface area (Å²) in [5.41, 5.74) is 0.880. The predicted octanol–water partition coefficient (Wildman–Crippen LogP) is -0.947. The molecule has 0 N–H and O–H groups in total. The molecule has 228 valence electrons. The molecule has 39 heavy (non-hydrogen) atoms. The lowest BCUT2D eigenvalue weighted by Crippen LogP contribution is -3.00. The predicted molar refractivity (Wildman–Crippen MR) is 147 cm³/mol. The van der Waals surface area contributed by atoms with E-state index in [1.54, 1.807) is 0 Å². The van der Waals surface area contributed by atoms with E-state index in [1.807, 2.05) is 0 Å². The van der Waals surface area contributed by atoms with E-state index >= 15 is 0 Å². The molecule has 0 aromatic rings. The van der Waals surface area contributed by atoms with Gasteiger partial charge in [0.2, 0.25) is 0 Å². The number of ether oxygens (including phenoxy) is 2. The second-order valence-electron chi connectivity index (χ2n) is 14.9. The third-order valence-electron chi connectivity index (χ3n) is 12.4. The van der Waals surface area contributed by atoms with Crippen molar-refractivity contribution in [3.05, 3.63) is 0 Å². The van der Waals surface area contributed by atoms with Crippen LogP contribution in [0.25, 0.3) is 0 Å².